The van der Waals surface area contributed by atoms with Gasteiger partial charge in [-0.05, 0) is 87.8 Å². The average molecular weight is 502 g/mol. The van der Waals surface area contributed by atoms with Gasteiger partial charge in [0.1, 0.15) is 11.5 Å². The summed E-state index contributed by atoms with van der Waals surface area (Å²) in [5.74, 6) is 0.384. The van der Waals surface area contributed by atoms with Crippen LogP contribution in [0.1, 0.15) is 30.6 Å². The molecule has 0 heterocycles. The molecule has 0 unspecified atom stereocenters. The lowest BCUT2D eigenvalue weighted by Gasteiger charge is -2.14. The number of hydrogen-bond acceptors (Lipinski definition) is 4. The van der Waals surface area contributed by atoms with Gasteiger partial charge in [-0.15, -0.1) is 0 Å². The Morgan fingerprint density at radius 3 is 2.54 bits per heavy atom. The molecule has 0 aliphatic carbocycles. The van der Waals surface area contributed by atoms with Crippen molar-refractivity contribution < 1.29 is 14.6 Å². The lowest BCUT2D eigenvalue weighted by atomic mass is 10.2. The molecule has 138 valence electrons. The van der Waals surface area contributed by atoms with Crippen LogP contribution in [-0.4, -0.2) is 22.2 Å². The van der Waals surface area contributed by atoms with Crippen molar-refractivity contribution >= 4 is 60.8 Å². The lowest BCUT2D eigenvalue weighted by molar-refractivity contribution is 0.0977. The topological polar surface area (TPSA) is 70.6 Å². The van der Waals surface area contributed by atoms with Crippen LogP contribution >= 0.6 is 44.1 Å². The number of anilines is 1. The first kappa shape index (κ1) is 20.7. The largest absolute Gasteiger partial charge is 0.506 e. The maximum atomic E-state index is 12.4. The smallest absolute Gasteiger partial charge is 0.257 e. The third-order valence-corrected chi connectivity index (χ3v) is 4.92. The summed E-state index contributed by atoms with van der Waals surface area (Å²) in [6.07, 6.45) is 0.949. The molecule has 0 bridgehead atoms. The number of ether oxygens (including phenoxy) is 1. The van der Waals surface area contributed by atoms with Crippen LogP contribution in [0, 0.1) is 0 Å². The number of phenols is 1. The molecule has 0 aliphatic rings. The first-order chi connectivity index (χ1) is 12.3. The van der Waals surface area contributed by atoms with Gasteiger partial charge in [0.25, 0.3) is 5.91 Å². The summed E-state index contributed by atoms with van der Waals surface area (Å²) >= 11 is 11.7. The van der Waals surface area contributed by atoms with Gasteiger partial charge >= 0.3 is 0 Å². The van der Waals surface area contributed by atoms with Crippen molar-refractivity contribution in [2.45, 2.75) is 26.4 Å². The normalized spacial score (nSPS) is 11.5. The number of aromatic hydroxyl groups is 1. The zero-order valence-corrected chi connectivity index (χ0v) is 18.2. The molecule has 1 atom stereocenters. The summed E-state index contributed by atoms with van der Waals surface area (Å²) in [4.78, 5) is 12.4. The standard InChI is InChI=1S/C18H18Br2N2O3S/c1-3-10(2)25-13-6-4-5-11(7-13)17(24)22-18(26)21-12-8-14(19)16(23)15(20)9-12/h4-10,23H,3H2,1-2H3,(H2,21,22,24,26)/t10-/m0/s1. The van der Waals surface area contributed by atoms with E-state index in [2.05, 4.69) is 42.5 Å². The number of nitrogens with one attached hydrogen (secondary N) is 2. The molecule has 2 aromatic carbocycles. The van der Waals surface area contributed by atoms with Crippen molar-refractivity contribution in [3.8, 4) is 11.5 Å². The second-order valence-electron chi connectivity index (χ2n) is 5.56. The van der Waals surface area contributed by atoms with Crippen LogP contribution in [0.4, 0.5) is 5.69 Å². The fourth-order valence-corrected chi connectivity index (χ4v) is 3.40. The molecule has 5 nitrogen and oxygen atoms in total. The van der Waals surface area contributed by atoms with Gasteiger partial charge in [-0.1, -0.05) is 13.0 Å². The number of benzene rings is 2. The van der Waals surface area contributed by atoms with Gasteiger partial charge in [0.05, 0.1) is 15.0 Å². The molecule has 1 amide bonds. The molecular weight excluding hydrogens is 484 g/mol. The molecular formula is C18H18Br2N2O3S. The quantitative estimate of drug-likeness (QED) is 0.387. The minimum Gasteiger partial charge on any atom is -0.506 e. The number of amides is 1. The number of hydrogen-bond donors (Lipinski definition) is 3. The number of phenolic OH excluding ortho intramolecular Hbond substituents is 1. The van der Waals surface area contributed by atoms with Gasteiger partial charge < -0.3 is 15.2 Å². The average Bonchev–Trinajstić information content (AvgIpc) is 2.59. The van der Waals surface area contributed by atoms with Crippen LogP contribution < -0.4 is 15.4 Å². The molecule has 0 aliphatic heterocycles. The Hall–Kier alpha value is -1.64. The maximum Gasteiger partial charge on any atom is 0.257 e. The van der Waals surface area contributed by atoms with Crippen LogP contribution in [0.5, 0.6) is 11.5 Å². The van der Waals surface area contributed by atoms with E-state index in [1.165, 1.54) is 0 Å². The van der Waals surface area contributed by atoms with Crippen molar-refractivity contribution in [2.24, 2.45) is 0 Å². The minimum atomic E-state index is -0.339. The van der Waals surface area contributed by atoms with Crippen molar-refractivity contribution in [3.05, 3.63) is 50.9 Å². The van der Waals surface area contributed by atoms with Crippen LogP contribution in [0.3, 0.4) is 0 Å². The van der Waals surface area contributed by atoms with E-state index < -0.39 is 0 Å². The summed E-state index contributed by atoms with van der Waals surface area (Å²) in [7, 11) is 0. The molecule has 0 radical (unpaired) electrons. The van der Waals surface area contributed by atoms with E-state index in [1.54, 1.807) is 30.3 Å². The van der Waals surface area contributed by atoms with Gasteiger partial charge in [0.2, 0.25) is 0 Å². The molecule has 0 spiro atoms. The highest BCUT2D eigenvalue weighted by molar-refractivity contribution is 9.11. The van der Waals surface area contributed by atoms with Gasteiger partial charge in [0, 0.05) is 11.3 Å². The van der Waals surface area contributed by atoms with Crippen LogP contribution in [0.25, 0.3) is 0 Å². The number of thiocarbonyl (C=S) groups is 1. The van der Waals surface area contributed by atoms with Crippen molar-refractivity contribution in [1.82, 2.24) is 5.32 Å². The Morgan fingerprint density at radius 1 is 1.27 bits per heavy atom. The monoisotopic (exact) mass is 500 g/mol. The summed E-state index contributed by atoms with van der Waals surface area (Å²) < 4.78 is 6.73. The molecule has 3 N–H and O–H groups in total. The summed E-state index contributed by atoms with van der Waals surface area (Å²) in [6, 6.07) is 10.2. The van der Waals surface area contributed by atoms with Crippen molar-refractivity contribution in [1.29, 1.82) is 0 Å². The van der Waals surface area contributed by atoms with Crippen LogP contribution in [0.15, 0.2) is 45.3 Å². The number of carbonyl (C=O) groups is 1. The van der Waals surface area contributed by atoms with Crippen LogP contribution in [-0.2, 0) is 0 Å². The number of halogens is 2. The zero-order valence-electron chi connectivity index (χ0n) is 14.2. The first-order valence-electron chi connectivity index (χ1n) is 7.87. The number of rotatable bonds is 5. The van der Waals surface area contributed by atoms with E-state index in [0.29, 0.717) is 25.9 Å². The molecule has 2 aromatic rings. The first-order valence-corrected chi connectivity index (χ1v) is 9.86. The fourth-order valence-electron chi connectivity index (χ4n) is 2.00. The Balaban J connectivity index is 2.03. The highest BCUT2D eigenvalue weighted by atomic mass is 79.9. The Labute approximate surface area is 174 Å². The second kappa shape index (κ2) is 9.34. The van der Waals surface area contributed by atoms with E-state index in [9.17, 15) is 9.90 Å². The molecule has 0 fully saturated rings. The van der Waals surface area contributed by atoms with Gasteiger partial charge in [-0.3, -0.25) is 10.1 Å². The van der Waals surface area contributed by atoms with Crippen molar-refractivity contribution in [3.63, 3.8) is 0 Å². The molecule has 0 saturated carbocycles. The molecule has 0 aromatic heterocycles. The molecule has 8 heteroatoms. The summed E-state index contributed by atoms with van der Waals surface area (Å²) in [5, 5.41) is 15.4. The van der Waals surface area contributed by atoms with E-state index in [-0.39, 0.29) is 22.9 Å². The van der Waals surface area contributed by atoms with E-state index >= 15 is 0 Å². The predicted octanol–water partition coefficient (Wildman–Crippen LogP) is 5.22. The zero-order chi connectivity index (χ0) is 19.3. The highest BCUT2D eigenvalue weighted by Gasteiger charge is 2.12. The van der Waals surface area contributed by atoms with Crippen molar-refractivity contribution in [2.75, 3.05) is 5.32 Å². The molecule has 2 rings (SSSR count). The maximum absolute atomic E-state index is 12.4. The third-order valence-electron chi connectivity index (χ3n) is 3.51. The van der Waals surface area contributed by atoms with Crippen LogP contribution in [0.2, 0.25) is 0 Å². The van der Waals surface area contributed by atoms with E-state index in [0.717, 1.165) is 6.42 Å². The Morgan fingerprint density at radius 2 is 1.92 bits per heavy atom. The SMILES string of the molecule is CC[C@H](C)Oc1cccc(C(=O)NC(=S)Nc2cc(Br)c(O)c(Br)c2)c1. The third kappa shape index (κ3) is 5.69. The summed E-state index contributed by atoms with van der Waals surface area (Å²) in [6.45, 7) is 4.01. The van der Waals surface area contributed by atoms with Gasteiger partial charge in [0.15, 0.2) is 5.11 Å². The fraction of sp³-hybridized carbons (Fsp3) is 0.222. The second-order valence-corrected chi connectivity index (χ2v) is 7.68. The molecule has 0 saturated heterocycles. The Bertz CT molecular complexity index is 807. The molecule has 26 heavy (non-hydrogen) atoms. The van der Waals surface area contributed by atoms with Gasteiger partial charge in [-0.2, -0.15) is 0 Å². The minimum absolute atomic E-state index is 0.0717. The van der Waals surface area contributed by atoms with E-state index in [4.69, 9.17) is 17.0 Å². The highest BCUT2D eigenvalue weighted by Crippen LogP contribution is 2.35. The van der Waals surface area contributed by atoms with Gasteiger partial charge in [-0.25, -0.2) is 0 Å². The number of carbonyl (C=O) groups excluding carboxylic acids is 1. The van der Waals surface area contributed by atoms with E-state index in [1.807, 2.05) is 19.9 Å². The summed E-state index contributed by atoms with van der Waals surface area (Å²) in [5.41, 5.74) is 1.06. The Kier molecular flexibility index (Phi) is 7.43. The lowest BCUT2D eigenvalue weighted by Crippen LogP contribution is -2.34. The predicted molar refractivity (Wildman–Crippen MR) is 114 cm³/mol.